The van der Waals surface area contributed by atoms with E-state index in [9.17, 15) is 14.0 Å². The minimum absolute atomic E-state index is 0.262. The Hall–Kier alpha value is -2.73. The number of ether oxygens (including phenoxy) is 1. The van der Waals surface area contributed by atoms with Gasteiger partial charge in [-0.2, -0.15) is 0 Å². The van der Waals surface area contributed by atoms with E-state index in [0.717, 1.165) is 16.9 Å². The molecule has 3 rings (SSSR count). The quantitative estimate of drug-likeness (QED) is 0.724. The van der Waals surface area contributed by atoms with Crippen LogP contribution in [-0.4, -0.2) is 18.5 Å². The van der Waals surface area contributed by atoms with E-state index in [0.29, 0.717) is 15.8 Å². The minimum atomic E-state index is -0.644. The molecule has 1 N–H and O–H groups in total. The molecule has 0 fully saturated rings. The van der Waals surface area contributed by atoms with Gasteiger partial charge in [0.15, 0.2) is 6.61 Å². The van der Waals surface area contributed by atoms with Crippen LogP contribution >= 0.6 is 11.3 Å². The largest absolute Gasteiger partial charge is 0.451 e. The number of rotatable bonds is 4. The van der Waals surface area contributed by atoms with Crippen LogP contribution in [0.3, 0.4) is 0 Å². The number of esters is 1. The van der Waals surface area contributed by atoms with Gasteiger partial charge in [-0.3, -0.25) is 4.79 Å². The lowest BCUT2D eigenvalue weighted by Crippen LogP contribution is -2.20. The number of nitrogens with one attached hydrogen (secondary N) is 1. The van der Waals surface area contributed by atoms with Gasteiger partial charge in [-0.05, 0) is 37.3 Å². The van der Waals surface area contributed by atoms with Crippen LogP contribution in [0, 0.1) is 12.7 Å². The number of carbonyl (C=O) groups excluding carboxylic acids is 2. The molecule has 0 saturated heterocycles. The van der Waals surface area contributed by atoms with Crippen molar-refractivity contribution in [1.82, 2.24) is 0 Å². The summed E-state index contributed by atoms with van der Waals surface area (Å²) in [6, 6.07) is 13.4. The molecule has 1 aromatic heterocycles. The first-order valence-corrected chi connectivity index (χ1v) is 8.06. The summed E-state index contributed by atoms with van der Waals surface area (Å²) in [5, 5.41) is 3.01. The predicted octanol–water partition coefficient (Wildman–Crippen LogP) is 4.14. The Morgan fingerprint density at radius 2 is 1.92 bits per heavy atom. The molecule has 0 saturated carbocycles. The smallest absolute Gasteiger partial charge is 0.348 e. The molecule has 0 aliphatic rings. The summed E-state index contributed by atoms with van der Waals surface area (Å²) in [6.07, 6.45) is 0. The molecular formula is C18H14FNO3S. The van der Waals surface area contributed by atoms with Crippen molar-refractivity contribution in [1.29, 1.82) is 0 Å². The van der Waals surface area contributed by atoms with Crippen LogP contribution in [0.1, 0.15) is 15.2 Å². The fourth-order valence-corrected chi connectivity index (χ4v) is 3.13. The zero-order valence-electron chi connectivity index (χ0n) is 12.8. The third-order valence-corrected chi connectivity index (χ3v) is 4.46. The van der Waals surface area contributed by atoms with Gasteiger partial charge >= 0.3 is 5.97 Å². The molecule has 2 aromatic carbocycles. The van der Waals surface area contributed by atoms with E-state index >= 15 is 0 Å². The van der Waals surface area contributed by atoms with E-state index in [4.69, 9.17) is 4.74 Å². The molecule has 0 atom stereocenters. The molecule has 1 amide bonds. The Kier molecular flexibility index (Phi) is 4.57. The van der Waals surface area contributed by atoms with E-state index in [1.54, 1.807) is 24.3 Å². The van der Waals surface area contributed by atoms with Crippen LogP contribution in [0.5, 0.6) is 0 Å². The average molecular weight is 343 g/mol. The zero-order valence-corrected chi connectivity index (χ0v) is 13.7. The average Bonchev–Trinajstić information content (AvgIpc) is 3.00. The Labute approximate surface area is 141 Å². The molecule has 0 radical (unpaired) electrons. The summed E-state index contributed by atoms with van der Waals surface area (Å²) < 4.78 is 19.3. The second kappa shape index (κ2) is 6.80. The number of hydrogen-bond donors (Lipinski definition) is 1. The van der Waals surface area contributed by atoms with Crippen LogP contribution in [0.25, 0.3) is 10.1 Å². The van der Waals surface area contributed by atoms with Gasteiger partial charge in [0.2, 0.25) is 0 Å². The van der Waals surface area contributed by atoms with Crippen molar-refractivity contribution >= 4 is 39.0 Å². The van der Waals surface area contributed by atoms with Gasteiger partial charge in [-0.1, -0.05) is 23.8 Å². The predicted molar refractivity (Wildman–Crippen MR) is 91.9 cm³/mol. The number of anilines is 1. The van der Waals surface area contributed by atoms with E-state index in [1.165, 1.54) is 12.1 Å². The Morgan fingerprint density at radius 1 is 1.17 bits per heavy atom. The van der Waals surface area contributed by atoms with Crippen LogP contribution in [0.15, 0.2) is 48.5 Å². The fraction of sp³-hybridized carbons (Fsp3) is 0.111. The molecule has 3 aromatic rings. The van der Waals surface area contributed by atoms with Crippen LogP contribution in [-0.2, 0) is 9.53 Å². The van der Waals surface area contributed by atoms with Crippen molar-refractivity contribution in [3.63, 3.8) is 0 Å². The Bertz CT molecular complexity index is 902. The first-order chi connectivity index (χ1) is 11.5. The molecule has 0 spiro atoms. The van der Waals surface area contributed by atoms with Crippen LogP contribution in [0.2, 0.25) is 0 Å². The second-order valence-corrected chi connectivity index (χ2v) is 6.34. The van der Waals surface area contributed by atoms with Crippen molar-refractivity contribution in [2.45, 2.75) is 6.92 Å². The van der Waals surface area contributed by atoms with Gasteiger partial charge in [0.25, 0.3) is 5.91 Å². The molecule has 0 aliphatic heterocycles. The highest BCUT2D eigenvalue weighted by Gasteiger charge is 2.15. The lowest BCUT2D eigenvalue weighted by molar-refractivity contribution is -0.119. The van der Waals surface area contributed by atoms with Crippen molar-refractivity contribution in [2.75, 3.05) is 11.9 Å². The van der Waals surface area contributed by atoms with Crippen molar-refractivity contribution in [2.24, 2.45) is 0 Å². The summed E-state index contributed by atoms with van der Waals surface area (Å²) in [5.41, 5.74) is 1.71. The van der Waals surface area contributed by atoms with Gasteiger partial charge in [0.05, 0.1) is 0 Å². The highest BCUT2D eigenvalue weighted by Crippen LogP contribution is 2.28. The summed E-state index contributed by atoms with van der Waals surface area (Å²) in [5.74, 6) is -1.46. The van der Waals surface area contributed by atoms with E-state index < -0.39 is 18.5 Å². The van der Waals surface area contributed by atoms with Crippen LogP contribution < -0.4 is 5.32 Å². The van der Waals surface area contributed by atoms with Gasteiger partial charge in [-0.15, -0.1) is 11.3 Å². The monoisotopic (exact) mass is 343 g/mol. The number of aryl methyl sites for hydroxylation is 1. The molecule has 1 heterocycles. The summed E-state index contributed by atoms with van der Waals surface area (Å²) in [6.45, 7) is 1.55. The van der Waals surface area contributed by atoms with Gasteiger partial charge in [-0.25, -0.2) is 9.18 Å². The number of thiophene rings is 1. The summed E-state index contributed by atoms with van der Waals surface area (Å²) >= 11 is 1.13. The number of amides is 1. The zero-order chi connectivity index (χ0) is 17.1. The molecule has 24 heavy (non-hydrogen) atoms. The van der Waals surface area contributed by atoms with E-state index in [-0.39, 0.29) is 10.7 Å². The second-order valence-electron chi connectivity index (χ2n) is 5.25. The maximum absolute atomic E-state index is 13.6. The molecule has 0 aliphatic carbocycles. The molecule has 0 unspecified atom stereocenters. The molecule has 4 nitrogen and oxygen atoms in total. The first kappa shape index (κ1) is 16.1. The normalized spacial score (nSPS) is 10.6. The van der Waals surface area contributed by atoms with E-state index in [2.05, 4.69) is 5.32 Å². The van der Waals surface area contributed by atoms with Gasteiger partial charge < -0.3 is 10.1 Å². The number of fused-ring (bicyclic) bond motifs is 1. The Morgan fingerprint density at radius 3 is 2.62 bits per heavy atom. The molecule has 122 valence electrons. The topological polar surface area (TPSA) is 55.4 Å². The lowest BCUT2D eigenvalue weighted by Gasteiger charge is -2.06. The fourth-order valence-electron chi connectivity index (χ4n) is 2.16. The third-order valence-electron chi connectivity index (χ3n) is 3.38. The first-order valence-electron chi connectivity index (χ1n) is 7.24. The SMILES string of the molecule is Cc1ccc(NC(=O)COC(=O)c2cc3c(F)cccc3s2)cc1. The number of hydrogen-bond acceptors (Lipinski definition) is 4. The number of carbonyl (C=O) groups is 2. The number of halogens is 1. The van der Waals surface area contributed by atoms with Gasteiger partial charge in [0, 0.05) is 15.8 Å². The third kappa shape index (κ3) is 3.60. The van der Waals surface area contributed by atoms with Crippen molar-refractivity contribution < 1.29 is 18.7 Å². The minimum Gasteiger partial charge on any atom is -0.451 e. The standard InChI is InChI=1S/C18H14FNO3S/c1-11-5-7-12(8-6-11)20-17(21)10-23-18(22)16-9-13-14(19)3-2-4-15(13)24-16/h2-9H,10H2,1H3,(H,20,21). The van der Waals surface area contributed by atoms with E-state index in [1.807, 2.05) is 19.1 Å². The molecule has 0 bridgehead atoms. The molecular weight excluding hydrogens is 329 g/mol. The van der Waals surface area contributed by atoms with Crippen molar-refractivity contribution in [3.05, 3.63) is 64.8 Å². The Balaban J connectivity index is 1.60. The highest BCUT2D eigenvalue weighted by molar-refractivity contribution is 7.20. The molecule has 6 heteroatoms. The summed E-state index contributed by atoms with van der Waals surface area (Å²) in [4.78, 5) is 24.1. The number of benzene rings is 2. The maximum atomic E-state index is 13.6. The summed E-state index contributed by atoms with van der Waals surface area (Å²) in [7, 11) is 0. The van der Waals surface area contributed by atoms with Crippen LogP contribution in [0.4, 0.5) is 10.1 Å². The van der Waals surface area contributed by atoms with Gasteiger partial charge in [0.1, 0.15) is 10.7 Å². The maximum Gasteiger partial charge on any atom is 0.348 e. The highest BCUT2D eigenvalue weighted by atomic mass is 32.1. The lowest BCUT2D eigenvalue weighted by atomic mass is 10.2. The van der Waals surface area contributed by atoms with Crippen molar-refractivity contribution in [3.8, 4) is 0 Å².